The number of fused-ring (bicyclic) bond motifs is 5. The predicted molar refractivity (Wildman–Crippen MR) is 120 cm³/mol. The third-order valence-electron chi connectivity index (χ3n) is 6.46. The molecule has 0 radical (unpaired) electrons. The summed E-state index contributed by atoms with van der Waals surface area (Å²) >= 11 is 1.77. The standard InChI is InChI=1S/C23H30N4OS/c1-13(2)18-16-11-28-23(4,5)10-15(16)17-19-20(29-22(17)26-18)21(25-12-24-19)27-9-7-6-8-14(27)3/h12-14H,6-11H2,1-5H3. The number of aromatic nitrogens is 3. The highest BCUT2D eigenvalue weighted by Crippen LogP contribution is 2.44. The zero-order chi connectivity index (χ0) is 20.3. The van der Waals surface area contributed by atoms with Gasteiger partial charge in [-0.15, -0.1) is 11.3 Å². The van der Waals surface area contributed by atoms with Gasteiger partial charge >= 0.3 is 0 Å². The summed E-state index contributed by atoms with van der Waals surface area (Å²) in [5.41, 5.74) is 4.75. The maximum atomic E-state index is 6.18. The topological polar surface area (TPSA) is 51.1 Å². The van der Waals surface area contributed by atoms with Gasteiger partial charge in [0.05, 0.1) is 28.1 Å². The van der Waals surface area contributed by atoms with E-state index in [-0.39, 0.29) is 5.60 Å². The molecule has 5 heterocycles. The molecule has 1 fully saturated rings. The van der Waals surface area contributed by atoms with E-state index in [2.05, 4.69) is 39.5 Å². The molecule has 1 saturated heterocycles. The summed E-state index contributed by atoms with van der Waals surface area (Å²) < 4.78 is 7.37. The van der Waals surface area contributed by atoms with Crippen molar-refractivity contribution >= 4 is 37.6 Å². The van der Waals surface area contributed by atoms with Crippen LogP contribution in [0.3, 0.4) is 0 Å². The molecule has 6 heteroatoms. The molecule has 2 aliphatic heterocycles. The molecule has 0 aliphatic carbocycles. The zero-order valence-electron chi connectivity index (χ0n) is 18.1. The van der Waals surface area contributed by atoms with E-state index in [0.29, 0.717) is 18.6 Å². The molecule has 1 unspecified atom stereocenters. The molecule has 29 heavy (non-hydrogen) atoms. The van der Waals surface area contributed by atoms with E-state index in [4.69, 9.17) is 19.7 Å². The number of piperidine rings is 1. The Morgan fingerprint density at radius 3 is 2.79 bits per heavy atom. The first-order chi connectivity index (χ1) is 13.9. The quantitative estimate of drug-likeness (QED) is 0.551. The molecule has 0 aromatic carbocycles. The van der Waals surface area contributed by atoms with Crippen molar-refractivity contribution < 1.29 is 4.74 Å². The van der Waals surface area contributed by atoms with Crippen LogP contribution >= 0.6 is 11.3 Å². The van der Waals surface area contributed by atoms with E-state index >= 15 is 0 Å². The number of hydrogen-bond donors (Lipinski definition) is 0. The van der Waals surface area contributed by atoms with E-state index in [1.165, 1.54) is 46.2 Å². The first-order valence-corrected chi connectivity index (χ1v) is 11.7. The lowest BCUT2D eigenvalue weighted by Crippen LogP contribution is -2.38. The molecule has 0 spiro atoms. The van der Waals surface area contributed by atoms with Crippen LogP contribution in [0.25, 0.3) is 20.4 Å². The summed E-state index contributed by atoms with van der Waals surface area (Å²) in [6.07, 6.45) is 6.41. The fourth-order valence-corrected chi connectivity index (χ4v) is 6.09. The van der Waals surface area contributed by atoms with Gasteiger partial charge < -0.3 is 9.64 Å². The van der Waals surface area contributed by atoms with Gasteiger partial charge in [-0.05, 0) is 51.5 Å². The molecule has 5 nitrogen and oxygen atoms in total. The summed E-state index contributed by atoms with van der Waals surface area (Å²) in [5, 5.41) is 1.23. The van der Waals surface area contributed by atoms with Gasteiger partial charge in [0.25, 0.3) is 0 Å². The van der Waals surface area contributed by atoms with Gasteiger partial charge in [-0.2, -0.15) is 0 Å². The summed E-state index contributed by atoms with van der Waals surface area (Å²) in [5.74, 6) is 1.47. The van der Waals surface area contributed by atoms with Gasteiger partial charge in [-0.25, -0.2) is 15.0 Å². The van der Waals surface area contributed by atoms with Crippen LogP contribution in [-0.2, 0) is 17.8 Å². The Kier molecular flexibility index (Phi) is 4.55. The highest BCUT2D eigenvalue weighted by atomic mass is 32.1. The molecule has 5 rings (SSSR count). The highest BCUT2D eigenvalue weighted by Gasteiger charge is 2.33. The predicted octanol–water partition coefficient (Wildman–Crippen LogP) is 5.59. The summed E-state index contributed by atoms with van der Waals surface area (Å²) in [4.78, 5) is 18.2. The largest absolute Gasteiger partial charge is 0.370 e. The van der Waals surface area contributed by atoms with Crippen molar-refractivity contribution in [2.75, 3.05) is 11.4 Å². The highest BCUT2D eigenvalue weighted by molar-refractivity contribution is 7.26. The number of rotatable bonds is 2. The molecule has 0 bridgehead atoms. The number of thiophene rings is 1. The molecular weight excluding hydrogens is 380 g/mol. The minimum Gasteiger partial charge on any atom is -0.370 e. The van der Waals surface area contributed by atoms with Crippen LogP contribution in [0.15, 0.2) is 6.33 Å². The van der Waals surface area contributed by atoms with Gasteiger partial charge in [0.1, 0.15) is 17.0 Å². The van der Waals surface area contributed by atoms with Crippen LogP contribution in [-0.4, -0.2) is 33.1 Å². The van der Waals surface area contributed by atoms with E-state index in [1.54, 1.807) is 17.7 Å². The molecule has 2 aliphatic rings. The van der Waals surface area contributed by atoms with Gasteiger partial charge in [-0.3, -0.25) is 0 Å². The van der Waals surface area contributed by atoms with Gasteiger partial charge in [-0.1, -0.05) is 13.8 Å². The van der Waals surface area contributed by atoms with Gasteiger partial charge in [0.2, 0.25) is 0 Å². The average molecular weight is 411 g/mol. The number of anilines is 1. The lowest BCUT2D eigenvalue weighted by Gasteiger charge is -2.34. The van der Waals surface area contributed by atoms with E-state index in [9.17, 15) is 0 Å². The lowest BCUT2D eigenvalue weighted by atomic mass is 9.87. The minimum absolute atomic E-state index is 0.166. The van der Waals surface area contributed by atoms with Crippen molar-refractivity contribution in [2.45, 2.75) is 84.5 Å². The lowest BCUT2D eigenvalue weighted by molar-refractivity contribution is -0.0402. The van der Waals surface area contributed by atoms with Crippen LogP contribution in [0.1, 0.15) is 76.6 Å². The third-order valence-corrected chi connectivity index (χ3v) is 7.53. The van der Waals surface area contributed by atoms with Crippen molar-refractivity contribution in [2.24, 2.45) is 0 Å². The van der Waals surface area contributed by atoms with Crippen LogP contribution in [0.2, 0.25) is 0 Å². The van der Waals surface area contributed by atoms with Crippen LogP contribution in [0.4, 0.5) is 5.82 Å². The van der Waals surface area contributed by atoms with Crippen molar-refractivity contribution in [3.8, 4) is 0 Å². The van der Waals surface area contributed by atoms with Crippen LogP contribution < -0.4 is 4.90 Å². The number of ether oxygens (including phenoxy) is 1. The molecule has 3 aromatic rings. The molecule has 3 aromatic heterocycles. The Balaban J connectivity index is 1.79. The fourth-order valence-electron chi connectivity index (χ4n) is 4.91. The Morgan fingerprint density at radius 2 is 2.03 bits per heavy atom. The van der Waals surface area contributed by atoms with Gasteiger partial charge in [0.15, 0.2) is 0 Å². The smallest absolute Gasteiger partial charge is 0.150 e. The second-order valence-electron chi connectivity index (χ2n) is 9.53. The normalized spacial score (nSPS) is 21.9. The fraction of sp³-hybridized carbons (Fsp3) is 0.609. The average Bonchev–Trinajstić information content (AvgIpc) is 3.06. The summed E-state index contributed by atoms with van der Waals surface area (Å²) in [6.45, 7) is 12.8. The molecule has 0 saturated carbocycles. The SMILES string of the molecule is CC(C)c1nc2sc3c(N4CCCCC4C)ncnc3c2c2c1COC(C)(C)C2. The molecule has 0 N–H and O–H groups in total. The second-order valence-corrected chi connectivity index (χ2v) is 10.5. The Hall–Kier alpha value is -1.79. The van der Waals surface area contributed by atoms with E-state index in [1.807, 2.05) is 0 Å². The van der Waals surface area contributed by atoms with Crippen molar-refractivity contribution in [1.82, 2.24) is 15.0 Å². The molecule has 0 amide bonds. The van der Waals surface area contributed by atoms with Crippen molar-refractivity contribution in [3.63, 3.8) is 0 Å². The monoisotopic (exact) mass is 410 g/mol. The zero-order valence-corrected chi connectivity index (χ0v) is 18.9. The maximum absolute atomic E-state index is 6.18. The Morgan fingerprint density at radius 1 is 1.21 bits per heavy atom. The molecule has 1 atom stereocenters. The first kappa shape index (κ1) is 19.2. The Bertz CT molecular complexity index is 1090. The molecular formula is C23H30N4OS. The van der Waals surface area contributed by atoms with Crippen LogP contribution in [0, 0.1) is 0 Å². The van der Waals surface area contributed by atoms with E-state index in [0.717, 1.165) is 29.1 Å². The number of pyridine rings is 1. The maximum Gasteiger partial charge on any atom is 0.150 e. The first-order valence-electron chi connectivity index (χ1n) is 10.8. The van der Waals surface area contributed by atoms with Crippen LogP contribution in [0.5, 0.6) is 0 Å². The molecule has 154 valence electrons. The summed E-state index contributed by atoms with van der Waals surface area (Å²) in [7, 11) is 0. The summed E-state index contributed by atoms with van der Waals surface area (Å²) in [6, 6.07) is 0.521. The van der Waals surface area contributed by atoms with Crippen molar-refractivity contribution in [1.29, 1.82) is 0 Å². The van der Waals surface area contributed by atoms with Crippen molar-refractivity contribution in [3.05, 3.63) is 23.1 Å². The second kappa shape index (κ2) is 6.88. The van der Waals surface area contributed by atoms with Gasteiger partial charge in [0, 0.05) is 30.0 Å². The Labute approximate surface area is 176 Å². The number of hydrogen-bond acceptors (Lipinski definition) is 6. The third kappa shape index (κ3) is 3.12. The van der Waals surface area contributed by atoms with E-state index < -0.39 is 0 Å². The number of nitrogens with zero attached hydrogens (tertiary/aromatic N) is 4. The minimum atomic E-state index is -0.166.